The minimum Gasteiger partial charge on any atom is -0.481 e. The van der Waals surface area contributed by atoms with Crippen LogP contribution in [0, 0.1) is 5.92 Å². The van der Waals surface area contributed by atoms with Crippen molar-refractivity contribution in [2.75, 3.05) is 0 Å². The van der Waals surface area contributed by atoms with Crippen molar-refractivity contribution in [2.24, 2.45) is 5.92 Å². The summed E-state index contributed by atoms with van der Waals surface area (Å²) in [4.78, 5) is 24.0. The third-order valence-electron chi connectivity index (χ3n) is 4.12. The van der Waals surface area contributed by atoms with E-state index in [9.17, 15) is 14.7 Å². The molecule has 0 aromatic heterocycles. The predicted octanol–water partition coefficient (Wildman–Crippen LogP) is 4.36. The molecule has 4 nitrogen and oxygen atoms in total. The maximum absolute atomic E-state index is 12.2. The van der Waals surface area contributed by atoms with Crippen LogP contribution in [-0.2, 0) is 20.7 Å². The Balaban J connectivity index is 2.07. The van der Waals surface area contributed by atoms with Gasteiger partial charge in [0.15, 0.2) is 0 Å². The highest BCUT2D eigenvalue weighted by Gasteiger charge is 2.30. The van der Waals surface area contributed by atoms with E-state index in [0.717, 1.165) is 17.5 Å². The van der Waals surface area contributed by atoms with E-state index >= 15 is 0 Å². The SMILES string of the molecule is CCCC(OC(=O)/C=C/c1ccccc1)C(Cc1ccccc1)C(=O)O. The van der Waals surface area contributed by atoms with E-state index in [4.69, 9.17) is 4.74 Å². The number of benzene rings is 2. The first kappa shape index (κ1) is 19.4. The third-order valence-corrected chi connectivity index (χ3v) is 4.12. The molecule has 2 aromatic rings. The molecular formula is C22H24O4. The van der Waals surface area contributed by atoms with Gasteiger partial charge in [-0.3, -0.25) is 4.79 Å². The molecule has 2 aromatic carbocycles. The van der Waals surface area contributed by atoms with Gasteiger partial charge in [0.1, 0.15) is 6.10 Å². The second kappa shape index (κ2) is 10.2. The van der Waals surface area contributed by atoms with Gasteiger partial charge in [0, 0.05) is 6.08 Å². The Hall–Kier alpha value is -2.88. The number of carbonyl (C=O) groups excluding carboxylic acids is 1. The van der Waals surface area contributed by atoms with E-state index in [2.05, 4.69) is 0 Å². The molecular weight excluding hydrogens is 328 g/mol. The highest BCUT2D eigenvalue weighted by atomic mass is 16.5. The number of esters is 1. The minimum absolute atomic E-state index is 0.330. The van der Waals surface area contributed by atoms with Gasteiger partial charge in [0.2, 0.25) is 0 Å². The summed E-state index contributed by atoms with van der Waals surface area (Å²) in [6, 6.07) is 18.8. The zero-order valence-electron chi connectivity index (χ0n) is 14.9. The van der Waals surface area contributed by atoms with Gasteiger partial charge in [-0.2, -0.15) is 0 Å². The lowest BCUT2D eigenvalue weighted by Gasteiger charge is -2.23. The van der Waals surface area contributed by atoms with Crippen LogP contribution in [0.4, 0.5) is 0 Å². The minimum atomic E-state index is -0.952. The molecule has 0 spiro atoms. The van der Waals surface area contributed by atoms with E-state index in [-0.39, 0.29) is 0 Å². The van der Waals surface area contributed by atoms with Crippen molar-refractivity contribution >= 4 is 18.0 Å². The van der Waals surface area contributed by atoms with E-state index < -0.39 is 24.0 Å². The number of carboxylic acid groups (broad SMARTS) is 1. The van der Waals surface area contributed by atoms with E-state index in [1.54, 1.807) is 6.08 Å². The Labute approximate surface area is 154 Å². The van der Waals surface area contributed by atoms with Gasteiger partial charge in [-0.15, -0.1) is 0 Å². The van der Waals surface area contributed by atoms with Crippen LogP contribution in [0.3, 0.4) is 0 Å². The van der Waals surface area contributed by atoms with Gasteiger partial charge >= 0.3 is 11.9 Å². The highest BCUT2D eigenvalue weighted by molar-refractivity contribution is 5.87. The first-order valence-electron chi connectivity index (χ1n) is 8.80. The summed E-state index contributed by atoms with van der Waals surface area (Å²) in [5.74, 6) is -2.25. The summed E-state index contributed by atoms with van der Waals surface area (Å²) in [6.07, 6.45) is 3.92. The molecule has 0 heterocycles. The van der Waals surface area contributed by atoms with Crippen molar-refractivity contribution in [3.8, 4) is 0 Å². The molecule has 136 valence electrons. The summed E-state index contributed by atoms with van der Waals surface area (Å²) in [5, 5.41) is 9.64. The fourth-order valence-corrected chi connectivity index (χ4v) is 2.79. The molecule has 0 saturated heterocycles. The van der Waals surface area contributed by atoms with Crippen molar-refractivity contribution < 1.29 is 19.4 Å². The number of carbonyl (C=O) groups is 2. The molecule has 0 aliphatic rings. The molecule has 2 rings (SSSR count). The summed E-state index contributed by atoms with van der Waals surface area (Å²) in [7, 11) is 0. The molecule has 1 N–H and O–H groups in total. The van der Waals surface area contributed by atoms with Gasteiger partial charge in [-0.1, -0.05) is 74.0 Å². The molecule has 2 unspecified atom stereocenters. The van der Waals surface area contributed by atoms with Gasteiger partial charge in [-0.25, -0.2) is 4.79 Å². The van der Waals surface area contributed by atoms with Crippen molar-refractivity contribution in [1.82, 2.24) is 0 Å². The molecule has 0 saturated carbocycles. The number of rotatable bonds is 9. The first-order valence-corrected chi connectivity index (χ1v) is 8.80. The van der Waals surface area contributed by atoms with Crippen molar-refractivity contribution in [2.45, 2.75) is 32.3 Å². The fourth-order valence-electron chi connectivity index (χ4n) is 2.79. The zero-order valence-corrected chi connectivity index (χ0v) is 14.9. The van der Waals surface area contributed by atoms with Crippen LogP contribution in [0.25, 0.3) is 6.08 Å². The molecule has 0 amide bonds. The van der Waals surface area contributed by atoms with Crippen LogP contribution in [0.1, 0.15) is 30.9 Å². The molecule has 0 radical (unpaired) electrons. The van der Waals surface area contributed by atoms with E-state index in [0.29, 0.717) is 12.8 Å². The number of carboxylic acids is 1. The highest BCUT2D eigenvalue weighted by Crippen LogP contribution is 2.20. The Morgan fingerprint density at radius 3 is 2.23 bits per heavy atom. The lowest BCUT2D eigenvalue weighted by Crippen LogP contribution is -2.33. The maximum Gasteiger partial charge on any atom is 0.331 e. The van der Waals surface area contributed by atoms with Crippen molar-refractivity contribution in [3.05, 3.63) is 77.9 Å². The number of aliphatic carboxylic acids is 1. The molecule has 0 aliphatic heterocycles. The Morgan fingerprint density at radius 2 is 1.65 bits per heavy atom. The normalized spacial score (nSPS) is 13.3. The Bertz CT molecular complexity index is 722. The summed E-state index contributed by atoms with van der Waals surface area (Å²) in [5.41, 5.74) is 1.80. The quantitative estimate of drug-likeness (QED) is 0.538. The lowest BCUT2D eigenvalue weighted by atomic mass is 9.91. The smallest absolute Gasteiger partial charge is 0.331 e. The topological polar surface area (TPSA) is 63.6 Å². The second-order valence-electron chi connectivity index (χ2n) is 6.14. The molecule has 0 fully saturated rings. The van der Waals surface area contributed by atoms with Crippen LogP contribution >= 0.6 is 0 Å². The van der Waals surface area contributed by atoms with Crippen LogP contribution in [-0.4, -0.2) is 23.1 Å². The lowest BCUT2D eigenvalue weighted by molar-refractivity contribution is -0.155. The summed E-state index contributed by atoms with van der Waals surface area (Å²) >= 11 is 0. The zero-order chi connectivity index (χ0) is 18.8. The van der Waals surface area contributed by atoms with Crippen LogP contribution < -0.4 is 0 Å². The Kier molecular flexibility index (Phi) is 7.62. The van der Waals surface area contributed by atoms with Gasteiger partial charge in [-0.05, 0) is 30.0 Å². The Morgan fingerprint density at radius 1 is 1.04 bits per heavy atom. The summed E-state index contributed by atoms with van der Waals surface area (Å²) in [6.45, 7) is 1.95. The second-order valence-corrected chi connectivity index (χ2v) is 6.14. The van der Waals surface area contributed by atoms with Gasteiger partial charge in [0.05, 0.1) is 5.92 Å². The first-order chi connectivity index (χ1) is 12.6. The van der Waals surface area contributed by atoms with E-state index in [1.165, 1.54) is 6.08 Å². The average molecular weight is 352 g/mol. The number of hydrogen-bond acceptors (Lipinski definition) is 3. The standard InChI is InChI=1S/C22H24O4/c1-2-9-20(19(22(24)25)16-18-12-7-4-8-13-18)26-21(23)15-14-17-10-5-3-6-11-17/h3-8,10-15,19-20H,2,9,16H2,1H3,(H,24,25)/b15-14+. The largest absolute Gasteiger partial charge is 0.481 e. The van der Waals surface area contributed by atoms with Gasteiger partial charge in [0.25, 0.3) is 0 Å². The third kappa shape index (κ3) is 6.20. The molecule has 26 heavy (non-hydrogen) atoms. The number of ether oxygens (including phenoxy) is 1. The number of hydrogen-bond donors (Lipinski definition) is 1. The van der Waals surface area contributed by atoms with E-state index in [1.807, 2.05) is 67.6 Å². The molecule has 4 heteroatoms. The maximum atomic E-state index is 12.2. The van der Waals surface area contributed by atoms with Crippen LogP contribution in [0.2, 0.25) is 0 Å². The van der Waals surface area contributed by atoms with Crippen molar-refractivity contribution in [1.29, 1.82) is 0 Å². The monoisotopic (exact) mass is 352 g/mol. The molecule has 0 bridgehead atoms. The average Bonchev–Trinajstić information content (AvgIpc) is 2.65. The molecule has 2 atom stereocenters. The predicted molar refractivity (Wildman–Crippen MR) is 102 cm³/mol. The van der Waals surface area contributed by atoms with Crippen molar-refractivity contribution in [3.63, 3.8) is 0 Å². The molecule has 0 aliphatic carbocycles. The van der Waals surface area contributed by atoms with Gasteiger partial charge < -0.3 is 9.84 Å². The van der Waals surface area contributed by atoms with Crippen LogP contribution in [0.15, 0.2) is 66.7 Å². The van der Waals surface area contributed by atoms with Crippen LogP contribution in [0.5, 0.6) is 0 Å². The summed E-state index contributed by atoms with van der Waals surface area (Å²) < 4.78 is 5.50. The fraction of sp³-hybridized carbons (Fsp3) is 0.273.